The normalized spacial score (nSPS) is 11.8. The van der Waals surface area contributed by atoms with Crippen LogP contribution in [-0.2, 0) is 14.4 Å². The molecule has 0 heterocycles. The molecule has 0 atom stereocenters. The summed E-state index contributed by atoms with van der Waals surface area (Å²) < 4.78 is 29.4. The molecule has 0 aliphatic heterocycles. The van der Waals surface area contributed by atoms with Gasteiger partial charge in [-0.3, -0.25) is 9.08 Å². The maximum Gasteiger partial charge on any atom is 0.328 e. The van der Waals surface area contributed by atoms with E-state index in [1.54, 1.807) is 48.2 Å². The van der Waals surface area contributed by atoms with Crippen molar-refractivity contribution in [2.24, 2.45) is 5.16 Å². The third-order valence-electron chi connectivity index (χ3n) is 4.85. The van der Waals surface area contributed by atoms with E-state index in [4.69, 9.17) is 4.28 Å². The fourth-order valence-corrected chi connectivity index (χ4v) is 4.75. The number of rotatable bonds is 12. The van der Waals surface area contributed by atoms with Gasteiger partial charge in [-0.2, -0.15) is 8.42 Å². The van der Waals surface area contributed by atoms with Gasteiger partial charge in [0.1, 0.15) is 0 Å². The number of hydrogen-bond acceptors (Lipinski definition) is 6. The van der Waals surface area contributed by atoms with Crippen molar-refractivity contribution in [1.29, 1.82) is 0 Å². The van der Waals surface area contributed by atoms with E-state index in [1.165, 1.54) is 0 Å². The molecule has 0 radical (unpaired) electrons. The van der Waals surface area contributed by atoms with Gasteiger partial charge in [0.25, 0.3) is 0 Å². The Morgan fingerprint density at radius 1 is 0.788 bits per heavy atom. The molecule has 0 aliphatic rings. The summed E-state index contributed by atoms with van der Waals surface area (Å²) in [4.78, 5) is 15.3. The van der Waals surface area contributed by atoms with Crippen LogP contribution in [-0.4, -0.2) is 25.7 Å². The Labute approximate surface area is 200 Å². The van der Waals surface area contributed by atoms with Gasteiger partial charge < -0.3 is 0 Å². The third kappa shape index (κ3) is 7.87. The molecular formula is C26H27NO4S2. The van der Waals surface area contributed by atoms with Crippen LogP contribution in [0.4, 0.5) is 0 Å². The summed E-state index contributed by atoms with van der Waals surface area (Å²) in [7, 11) is -3.87. The van der Waals surface area contributed by atoms with Crippen molar-refractivity contribution in [3.05, 3.63) is 96.1 Å². The number of unbranched alkanes of at least 4 members (excludes halogenated alkanes) is 3. The quantitative estimate of drug-likeness (QED) is 0.130. The number of hydrogen-bond donors (Lipinski definition) is 0. The van der Waals surface area contributed by atoms with Gasteiger partial charge in [-0.15, -0.1) is 0 Å². The minimum atomic E-state index is -3.87. The van der Waals surface area contributed by atoms with Crippen LogP contribution < -0.4 is 0 Å². The van der Waals surface area contributed by atoms with E-state index in [2.05, 4.69) is 12.1 Å². The van der Waals surface area contributed by atoms with Gasteiger partial charge in [-0.25, -0.2) is 0 Å². The molecule has 0 spiro atoms. The summed E-state index contributed by atoms with van der Waals surface area (Å²) in [5.41, 5.74) is 0.849. The maximum atomic E-state index is 13.2. The van der Waals surface area contributed by atoms with Crippen molar-refractivity contribution in [1.82, 2.24) is 0 Å². The summed E-state index contributed by atoms with van der Waals surface area (Å²) in [5.74, 6) is -0.531. The summed E-state index contributed by atoms with van der Waals surface area (Å²) in [6, 6.07) is 25.8. The van der Waals surface area contributed by atoms with Crippen molar-refractivity contribution in [2.45, 2.75) is 42.4 Å². The molecule has 172 valence electrons. The smallest absolute Gasteiger partial charge is 0.287 e. The first-order valence-corrected chi connectivity index (χ1v) is 13.3. The molecule has 3 aromatic carbocycles. The maximum absolute atomic E-state index is 13.2. The Hall–Kier alpha value is -2.90. The van der Waals surface area contributed by atoms with Gasteiger partial charge in [-0.1, -0.05) is 91.6 Å². The highest BCUT2D eigenvalue weighted by atomic mass is 32.2. The molecule has 5 nitrogen and oxygen atoms in total. The highest BCUT2D eigenvalue weighted by Crippen LogP contribution is 2.27. The Kier molecular flexibility index (Phi) is 9.27. The molecule has 0 bridgehead atoms. The average molecular weight is 482 g/mol. The van der Waals surface area contributed by atoms with Crippen LogP contribution in [0.15, 0.2) is 99.9 Å². The molecule has 3 aromatic rings. The number of carbonyl (C=O) groups excluding carboxylic acids is 1. The van der Waals surface area contributed by atoms with Crippen LogP contribution in [0.5, 0.6) is 0 Å². The Balaban J connectivity index is 1.78. The van der Waals surface area contributed by atoms with Crippen LogP contribution in [0, 0.1) is 0 Å². The van der Waals surface area contributed by atoms with Crippen LogP contribution in [0.25, 0.3) is 0 Å². The van der Waals surface area contributed by atoms with E-state index in [9.17, 15) is 13.2 Å². The van der Waals surface area contributed by atoms with Gasteiger partial charge in [-0.05, 0) is 42.8 Å². The largest absolute Gasteiger partial charge is 0.328 e. The SMILES string of the molecule is CCCCCCS(=O)(=O)O/N=C(/C(=O)c1ccc(Sc2ccccc2)cc1)c1ccccc1. The van der Waals surface area contributed by atoms with E-state index >= 15 is 0 Å². The monoisotopic (exact) mass is 481 g/mol. The van der Waals surface area contributed by atoms with Gasteiger partial charge in [0.15, 0.2) is 5.71 Å². The second kappa shape index (κ2) is 12.4. The molecule has 0 saturated heterocycles. The molecule has 33 heavy (non-hydrogen) atoms. The number of ketones is 1. The van der Waals surface area contributed by atoms with Gasteiger partial charge in [0.2, 0.25) is 5.78 Å². The van der Waals surface area contributed by atoms with Gasteiger partial charge in [0, 0.05) is 20.9 Å². The predicted octanol–water partition coefficient (Wildman–Crippen LogP) is 6.35. The highest BCUT2D eigenvalue weighted by Gasteiger charge is 2.20. The molecule has 0 N–H and O–H groups in total. The number of oxime groups is 1. The number of Topliss-reactive ketones (excluding diaryl/α,β-unsaturated/α-hetero) is 1. The van der Waals surface area contributed by atoms with Crippen LogP contribution in [0.2, 0.25) is 0 Å². The zero-order valence-electron chi connectivity index (χ0n) is 18.5. The lowest BCUT2D eigenvalue weighted by Crippen LogP contribution is -2.18. The minimum absolute atomic E-state index is 0.0452. The fraction of sp³-hybridized carbons (Fsp3) is 0.231. The molecule has 0 unspecified atom stereocenters. The topological polar surface area (TPSA) is 72.8 Å². The lowest BCUT2D eigenvalue weighted by Gasteiger charge is -2.08. The zero-order chi connectivity index (χ0) is 23.5. The minimum Gasteiger partial charge on any atom is -0.287 e. The molecule has 0 saturated carbocycles. The molecule has 0 aromatic heterocycles. The Bertz CT molecular complexity index is 1160. The third-order valence-corrected chi connectivity index (χ3v) is 6.95. The molecule has 0 amide bonds. The molecular weight excluding hydrogens is 454 g/mol. The summed E-state index contributed by atoms with van der Waals surface area (Å²) in [5, 5.41) is 3.80. The number of benzene rings is 3. The van der Waals surface area contributed by atoms with E-state index in [-0.39, 0.29) is 11.5 Å². The first-order valence-electron chi connectivity index (χ1n) is 10.9. The van der Waals surface area contributed by atoms with Crippen molar-refractivity contribution in [3.8, 4) is 0 Å². The highest BCUT2D eigenvalue weighted by molar-refractivity contribution is 7.99. The summed E-state index contributed by atoms with van der Waals surface area (Å²) in [6.45, 7) is 2.06. The van der Waals surface area contributed by atoms with Crippen LogP contribution in [0.3, 0.4) is 0 Å². The van der Waals surface area contributed by atoms with Crippen LogP contribution in [0.1, 0.15) is 48.5 Å². The molecule has 0 fully saturated rings. The van der Waals surface area contributed by atoms with E-state index in [0.29, 0.717) is 17.5 Å². The molecule has 3 rings (SSSR count). The average Bonchev–Trinajstić information content (AvgIpc) is 2.84. The standard InChI is InChI=1S/C26H27NO4S2/c1-2-3-4-11-20-33(29,30)31-27-25(21-12-7-5-8-13-21)26(28)22-16-18-24(19-17-22)32-23-14-9-6-10-15-23/h5-10,12-19H,2-4,11,20H2,1H3/b27-25+. The molecule has 7 heteroatoms. The van der Waals surface area contributed by atoms with E-state index in [0.717, 1.165) is 29.1 Å². The fourth-order valence-electron chi connectivity index (χ4n) is 3.09. The predicted molar refractivity (Wildman–Crippen MR) is 133 cm³/mol. The summed E-state index contributed by atoms with van der Waals surface area (Å²) in [6.07, 6.45) is 3.28. The van der Waals surface area contributed by atoms with E-state index < -0.39 is 15.9 Å². The zero-order valence-corrected chi connectivity index (χ0v) is 20.1. The second-order valence-electron chi connectivity index (χ2n) is 7.47. The lowest BCUT2D eigenvalue weighted by atomic mass is 10.0. The second-order valence-corrected chi connectivity index (χ2v) is 10.3. The van der Waals surface area contributed by atoms with Crippen LogP contribution >= 0.6 is 11.8 Å². The number of nitrogens with zero attached hydrogens (tertiary/aromatic N) is 1. The van der Waals surface area contributed by atoms with Crippen molar-refractivity contribution >= 4 is 33.4 Å². The van der Waals surface area contributed by atoms with E-state index in [1.807, 2.05) is 48.5 Å². The first kappa shape index (κ1) is 24.7. The summed E-state index contributed by atoms with van der Waals surface area (Å²) >= 11 is 1.59. The van der Waals surface area contributed by atoms with Gasteiger partial charge >= 0.3 is 10.1 Å². The lowest BCUT2D eigenvalue weighted by molar-refractivity contribution is 0.106. The van der Waals surface area contributed by atoms with Crippen molar-refractivity contribution in [2.75, 3.05) is 5.75 Å². The first-order chi connectivity index (χ1) is 16.0. The molecule has 0 aliphatic carbocycles. The Morgan fingerprint density at radius 3 is 2.03 bits per heavy atom. The van der Waals surface area contributed by atoms with Crippen molar-refractivity contribution < 1.29 is 17.5 Å². The van der Waals surface area contributed by atoms with Crippen molar-refractivity contribution in [3.63, 3.8) is 0 Å². The van der Waals surface area contributed by atoms with Gasteiger partial charge in [0.05, 0.1) is 5.75 Å². The number of carbonyl (C=O) groups is 1. The Morgan fingerprint density at radius 2 is 1.39 bits per heavy atom.